The second-order valence-corrected chi connectivity index (χ2v) is 2.31. The Morgan fingerprint density at radius 2 is 2.08 bits per heavy atom. The van der Waals surface area contributed by atoms with Gasteiger partial charge in [0.15, 0.2) is 5.92 Å². The van der Waals surface area contributed by atoms with Crippen LogP contribution in [0.4, 0.5) is 0 Å². The summed E-state index contributed by atoms with van der Waals surface area (Å²) in [5, 5.41) is 8.16. The van der Waals surface area contributed by atoms with Gasteiger partial charge in [-0.1, -0.05) is 24.8 Å². The van der Waals surface area contributed by atoms with E-state index >= 15 is 0 Å². The van der Waals surface area contributed by atoms with Crippen LogP contribution in [-0.4, -0.2) is 17.0 Å². The van der Waals surface area contributed by atoms with Gasteiger partial charge in [-0.3, -0.25) is 9.59 Å². The highest BCUT2D eigenvalue weighted by molar-refractivity contribution is 6.33. The standard InChI is InChI=1S/C7H7ClO4/c1-3-12-7(11)5(4(2)8)6(9)10/h3,5H,1-2H2,(H,9,10). The molecule has 0 rings (SSSR count). The lowest BCUT2D eigenvalue weighted by Gasteiger charge is -2.06. The van der Waals surface area contributed by atoms with Crippen LogP contribution in [0.5, 0.6) is 0 Å². The molecule has 0 aromatic heterocycles. The minimum Gasteiger partial charge on any atom is -0.480 e. The summed E-state index contributed by atoms with van der Waals surface area (Å²) >= 11 is 5.26. The Bertz CT molecular complexity index is 220. The maximum Gasteiger partial charge on any atom is 0.330 e. The van der Waals surface area contributed by atoms with Gasteiger partial charge in [0.2, 0.25) is 0 Å². The monoisotopic (exact) mass is 190 g/mol. The van der Waals surface area contributed by atoms with Crippen LogP contribution in [0.1, 0.15) is 0 Å². The first-order chi connectivity index (χ1) is 5.50. The molecule has 1 N–H and O–H groups in total. The fraction of sp³-hybridized carbons (Fsp3) is 0.143. The van der Waals surface area contributed by atoms with Gasteiger partial charge >= 0.3 is 11.9 Å². The van der Waals surface area contributed by atoms with E-state index in [1.165, 1.54) is 0 Å². The second kappa shape index (κ2) is 4.56. The number of ether oxygens (including phenoxy) is 1. The number of carbonyl (C=O) groups excluding carboxylic acids is 1. The Hall–Kier alpha value is -1.29. The molecule has 0 saturated heterocycles. The zero-order valence-corrected chi connectivity index (χ0v) is 6.87. The van der Waals surface area contributed by atoms with E-state index in [4.69, 9.17) is 16.7 Å². The molecular weight excluding hydrogens is 184 g/mol. The van der Waals surface area contributed by atoms with Crippen LogP contribution in [-0.2, 0) is 14.3 Å². The van der Waals surface area contributed by atoms with E-state index in [0.717, 1.165) is 6.26 Å². The first-order valence-corrected chi connectivity index (χ1v) is 3.27. The molecule has 12 heavy (non-hydrogen) atoms. The third-order valence-corrected chi connectivity index (χ3v) is 1.21. The van der Waals surface area contributed by atoms with E-state index in [0.29, 0.717) is 0 Å². The van der Waals surface area contributed by atoms with Gasteiger partial charge in [0.1, 0.15) is 0 Å². The molecule has 0 amide bonds. The van der Waals surface area contributed by atoms with E-state index in [-0.39, 0.29) is 5.03 Å². The number of aliphatic carboxylic acids is 1. The number of halogens is 1. The average Bonchev–Trinajstić information content (AvgIpc) is 1.85. The van der Waals surface area contributed by atoms with E-state index < -0.39 is 17.9 Å². The van der Waals surface area contributed by atoms with Crippen LogP contribution in [0.25, 0.3) is 0 Å². The number of carboxylic acids is 1. The predicted molar refractivity (Wildman–Crippen MR) is 42.4 cm³/mol. The summed E-state index contributed by atoms with van der Waals surface area (Å²) in [6.45, 7) is 6.22. The number of esters is 1. The van der Waals surface area contributed by atoms with Gasteiger partial charge in [0.25, 0.3) is 0 Å². The van der Waals surface area contributed by atoms with Crippen LogP contribution in [0.15, 0.2) is 24.5 Å². The first-order valence-electron chi connectivity index (χ1n) is 2.89. The quantitative estimate of drug-likeness (QED) is 0.410. The van der Waals surface area contributed by atoms with E-state index in [1.54, 1.807) is 0 Å². The van der Waals surface area contributed by atoms with Gasteiger partial charge in [-0.05, 0) is 0 Å². The minimum absolute atomic E-state index is 0.297. The summed E-state index contributed by atoms with van der Waals surface area (Å²) in [7, 11) is 0. The van der Waals surface area contributed by atoms with Crippen molar-refractivity contribution < 1.29 is 19.4 Å². The SMILES string of the molecule is C=COC(=O)C(C(=C)Cl)C(=O)O. The molecule has 0 aliphatic rings. The average molecular weight is 191 g/mol. The summed E-state index contributed by atoms with van der Waals surface area (Å²) in [6, 6.07) is 0. The fourth-order valence-electron chi connectivity index (χ4n) is 0.513. The molecule has 1 atom stereocenters. The van der Waals surface area contributed by atoms with Crippen LogP contribution < -0.4 is 0 Å². The zero-order valence-electron chi connectivity index (χ0n) is 6.12. The molecule has 0 saturated carbocycles. The molecule has 0 spiro atoms. The van der Waals surface area contributed by atoms with Crippen molar-refractivity contribution in [1.82, 2.24) is 0 Å². The van der Waals surface area contributed by atoms with Crippen LogP contribution in [0, 0.1) is 5.92 Å². The fourth-order valence-corrected chi connectivity index (χ4v) is 0.695. The van der Waals surface area contributed by atoms with Gasteiger partial charge < -0.3 is 9.84 Å². The Labute approximate surface area is 74.1 Å². The molecule has 0 fully saturated rings. The van der Waals surface area contributed by atoms with Crippen molar-refractivity contribution in [3.63, 3.8) is 0 Å². The summed E-state index contributed by atoms with van der Waals surface area (Å²) < 4.78 is 4.23. The highest BCUT2D eigenvalue weighted by Crippen LogP contribution is 2.15. The number of carboxylic acid groups (broad SMARTS) is 1. The Balaban J connectivity index is 4.51. The minimum atomic E-state index is -1.54. The molecule has 5 heteroatoms. The summed E-state index contributed by atoms with van der Waals surface area (Å²) in [6.07, 6.45) is 0.831. The van der Waals surface area contributed by atoms with Crippen molar-refractivity contribution >= 4 is 23.5 Å². The third kappa shape index (κ3) is 2.75. The molecule has 4 nitrogen and oxygen atoms in total. The van der Waals surface area contributed by atoms with Gasteiger partial charge in [0, 0.05) is 5.03 Å². The maximum atomic E-state index is 10.8. The predicted octanol–water partition coefficient (Wildman–Crippen LogP) is 1.13. The maximum absolute atomic E-state index is 10.8. The number of rotatable bonds is 4. The van der Waals surface area contributed by atoms with Gasteiger partial charge in [0.05, 0.1) is 6.26 Å². The molecule has 0 aromatic carbocycles. The lowest BCUT2D eigenvalue weighted by Crippen LogP contribution is -2.24. The number of hydrogen-bond donors (Lipinski definition) is 1. The Kier molecular flexibility index (Phi) is 4.07. The summed E-state index contributed by atoms with van der Waals surface area (Å²) in [4.78, 5) is 21.2. The smallest absolute Gasteiger partial charge is 0.330 e. The molecule has 0 radical (unpaired) electrons. The van der Waals surface area contributed by atoms with Crippen LogP contribution in [0.3, 0.4) is 0 Å². The molecule has 0 heterocycles. The van der Waals surface area contributed by atoms with Gasteiger partial charge in [-0.25, -0.2) is 0 Å². The Morgan fingerprint density at radius 3 is 2.33 bits per heavy atom. The van der Waals surface area contributed by atoms with Gasteiger partial charge in [-0.15, -0.1) is 0 Å². The largest absolute Gasteiger partial charge is 0.480 e. The Morgan fingerprint density at radius 1 is 1.58 bits per heavy atom. The van der Waals surface area contributed by atoms with Crippen molar-refractivity contribution in [2.45, 2.75) is 0 Å². The van der Waals surface area contributed by atoms with Crippen molar-refractivity contribution in [3.05, 3.63) is 24.5 Å². The molecular formula is C7H7ClO4. The molecule has 66 valence electrons. The number of hydrogen-bond acceptors (Lipinski definition) is 3. The topological polar surface area (TPSA) is 63.6 Å². The zero-order chi connectivity index (χ0) is 9.72. The molecule has 0 aromatic rings. The highest BCUT2D eigenvalue weighted by Gasteiger charge is 2.29. The number of carbonyl (C=O) groups is 2. The van der Waals surface area contributed by atoms with Crippen molar-refractivity contribution in [1.29, 1.82) is 0 Å². The van der Waals surface area contributed by atoms with Crippen molar-refractivity contribution in [2.24, 2.45) is 5.92 Å². The van der Waals surface area contributed by atoms with Crippen molar-refractivity contribution in [3.8, 4) is 0 Å². The molecule has 1 unspecified atom stereocenters. The molecule has 0 aliphatic carbocycles. The highest BCUT2D eigenvalue weighted by atomic mass is 35.5. The lowest BCUT2D eigenvalue weighted by molar-refractivity contribution is -0.152. The molecule has 0 aliphatic heterocycles. The summed E-state index contributed by atoms with van der Waals surface area (Å²) in [5.74, 6) is -3.94. The lowest BCUT2D eigenvalue weighted by atomic mass is 10.1. The van der Waals surface area contributed by atoms with Crippen molar-refractivity contribution in [2.75, 3.05) is 0 Å². The van der Waals surface area contributed by atoms with E-state index in [2.05, 4.69) is 17.9 Å². The summed E-state index contributed by atoms with van der Waals surface area (Å²) in [5.41, 5.74) is 0. The third-order valence-electron chi connectivity index (χ3n) is 0.995. The van der Waals surface area contributed by atoms with E-state index in [1.807, 2.05) is 0 Å². The van der Waals surface area contributed by atoms with E-state index in [9.17, 15) is 9.59 Å². The van der Waals surface area contributed by atoms with Gasteiger partial charge in [-0.2, -0.15) is 0 Å². The second-order valence-electron chi connectivity index (χ2n) is 1.82. The van der Waals surface area contributed by atoms with Crippen LogP contribution >= 0.6 is 11.6 Å². The molecule has 0 bridgehead atoms. The first kappa shape index (κ1) is 10.7. The van der Waals surface area contributed by atoms with Crippen LogP contribution in [0.2, 0.25) is 0 Å². The normalized spacial score (nSPS) is 11.4.